The third-order valence-corrected chi connectivity index (χ3v) is 4.02. The van der Waals surface area contributed by atoms with Gasteiger partial charge >= 0.3 is 11.8 Å². The summed E-state index contributed by atoms with van der Waals surface area (Å²) in [4.78, 5) is 23.7. The van der Waals surface area contributed by atoms with Crippen molar-refractivity contribution >= 4 is 23.7 Å². The number of carbonyl (C=O) groups excluding carboxylic acids is 2. The third kappa shape index (κ3) is 5.55. The highest BCUT2D eigenvalue weighted by Crippen LogP contribution is 2.17. The van der Waals surface area contributed by atoms with Gasteiger partial charge in [0.2, 0.25) is 0 Å². The largest absolute Gasteiger partial charge is 0.329 e. The van der Waals surface area contributed by atoms with E-state index in [0.717, 1.165) is 5.56 Å². The van der Waals surface area contributed by atoms with Gasteiger partial charge < -0.3 is 5.32 Å². The van der Waals surface area contributed by atoms with Crippen molar-refractivity contribution in [1.29, 1.82) is 0 Å². The van der Waals surface area contributed by atoms with E-state index in [1.807, 2.05) is 36.4 Å². The standard InChI is InChI=1S/C21H25N3O2/c1-14(2)17-7-5-16(6-8-17)13-22-24-21(26)20(25)23-19-11-9-18(10-12-19)15(3)4/h5-15H,1-4H3,(H,23,25)(H,24,26)/b22-13-. The minimum absolute atomic E-state index is 0.409. The topological polar surface area (TPSA) is 70.6 Å². The molecule has 2 aromatic carbocycles. The van der Waals surface area contributed by atoms with Crippen molar-refractivity contribution in [1.82, 2.24) is 5.43 Å². The average molecular weight is 351 g/mol. The van der Waals surface area contributed by atoms with Crippen LogP contribution in [-0.4, -0.2) is 18.0 Å². The van der Waals surface area contributed by atoms with Crippen LogP contribution >= 0.6 is 0 Å². The van der Waals surface area contributed by atoms with Crippen molar-refractivity contribution in [2.24, 2.45) is 5.10 Å². The van der Waals surface area contributed by atoms with Crippen LogP contribution in [0.2, 0.25) is 0 Å². The van der Waals surface area contributed by atoms with Crippen molar-refractivity contribution in [2.75, 3.05) is 5.32 Å². The van der Waals surface area contributed by atoms with Crippen LogP contribution in [0.1, 0.15) is 56.2 Å². The molecule has 2 amide bonds. The highest BCUT2D eigenvalue weighted by molar-refractivity contribution is 6.39. The van der Waals surface area contributed by atoms with Crippen LogP contribution in [0.15, 0.2) is 53.6 Å². The lowest BCUT2D eigenvalue weighted by atomic mass is 10.0. The Morgan fingerprint density at radius 3 is 1.81 bits per heavy atom. The molecule has 2 N–H and O–H groups in total. The number of nitrogens with zero attached hydrogens (tertiary/aromatic N) is 1. The molecule has 0 aliphatic carbocycles. The first-order chi connectivity index (χ1) is 12.4. The molecule has 0 saturated carbocycles. The van der Waals surface area contributed by atoms with E-state index in [2.05, 4.69) is 43.5 Å². The number of nitrogens with one attached hydrogen (secondary N) is 2. The second-order valence-corrected chi connectivity index (χ2v) is 6.75. The van der Waals surface area contributed by atoms with Gasteiger partial charge in [0, 0.05) is 5.69 Å². The Balaban J connectivity index is 1.87. The van der Waals surface area contributed by atoms with Crippen LogP contribution < -0.4 is 10.7 Å². The maximum atomic E-state index is 11.9. The lowest BCUT2D eigenvalue weighted by Gasteiger charge is -2.07. The molecular formula is C21H25N3O2. The zero-order chi connectivity index (χ0) is 19.1. The summed E-state index contributed by atoms with van der Waals surface area (Å²) in [5.41, 5.74) is 6.05. The first-order valence-electron chi connectivity index (χ1n) is 8.71. The molecule has 0 radical (unpaired) electrons. The Labute approximate surface area is 154 Å². The van der Waals surface area contributed by atoms with Crippen LogP contribution in [0.25, 0.3) is 0 Å². The number of hydrogen-bond donors (Lipinski definition) is 2. The van der Waals surface area contributed by atoms with Gasteiger partial charge in [-0.05, 0) is 40.7 Å². The number of benzene rings is 2. The van der Waals surface area contributed by atoms with Gasteiger partial charge in [0.1, 0.15) is 0 Å². The molecular weight excluding hydrogens is 326 g/mol. The van der Waals surface area contributed by atoms with E-state index in [9.17, 15) is 9.59 Å². The Hall–Kier alpha value is -2.95. The van der Waals surface area contributed by atoms with Gasteiger partial charge in [-0.3, -0.25) is 9.59 Å². The van der Waals surface area contributed by atoms with Gasteiger partial charge in [0.05, 0.1) is 6.21 Å². The first-order valence-corrected chi connectivity index (χ1v) is 8.71. The van der Waals surface area contributed by atoms with Crippen LogP contribution in [0.3, 0.4) is 0 Å². The lowest BCUT2D eigenvalue weighted by molar-refractivity contribution is -0.136. The van der Waals surface area contributed by atoms with Crippen LogP contribution in [-0.2, 0) is 9.59 Å². The van der Waals surface area contributed by atoms with Gasteiger partial charge in [-0.25, -0.2) is 5.43 Å². The summed E-state index contributed by atoms with van der Waals surface area (Å²) < 4.78 is 0. The molecule has 5 nitrogen and oxygen atoms in total. The molecule has 0 spiro atoms. The fourth-order valence-electron chi connectivity index (χ4n) is 2.32. The fraction of sp³-hybridized carbons (Fsp3) is 0.286. The summed E-state index contributed by atoms with van der Waals surface area (Å²) >= 11 is 0. The normalized spacial score (nSPS) is 11.2. The Morgan fingerprint density at radius 1 is 0.808 bits per heavy atom. The quantitative estimate of drug-likeness (QED) is 0.485. The molecule has 0 aliphatic rings. The molecule has 0 aliphatic heterocycles. The van der Waals surface area contributed by atoms with Crippen LogP contribution in [0.5, 0.6) is 0 Å². The number of hydrogen-bond acceptors (Lipinski definition) is 3. The maximum Gasteiger partial charge on any atom is 0.329 e. The molecule has 0 unspecified atom stereocenters. The van der Waals surface area contributed by atoms with E-state index in [0.29, 0.717) is 17.5 Å². The van der Waals surface area contributed by atoms with Gasteiger partial charge in [-0.15, -0.1) is 0 Å². The van der Waals surface area contributed by atoms with Gasteiger partial charge in [-0.1, -0.05) is 64.1 Å². The SMILES string of the molecule is CC(C)c1ccc(/C=N\NC(=O)C(=O)Nc2ccc(C(C)C)cc2)cc1. The number of hydrazone groups is 1. The summed E-state index contributed by atoms with van der Waals surface area (Å²) in [6.07, 6.45) is 1.51. The van der Waals surface area contributed by atoms with Crippen molar-refractivity contribution in [3.05, 3.63) is 65.2 Å². The minimum Gasteiger partial charge on any atom is -0.318 e. The average Bonchev–Trinajstić information content (AvgIpc) is 2.62. The third-order valence-electron chi connectivity index (χ3n) is 4.02. The first kappa shape index (κ1) is 19.4. The van der Waals surface area contributed by atoms with Crippen LogP contribution in [0.4, 0.5) is 5.69 Å². The van der Waals surface area contributed by atoms with E-state index in [-0.39, 0.29) is 0 Å². The number of anilines is 1. The predicted octanol–water partition coefficient (Wildman–Crippen LogP) is 4.02. The van der Waals surface area contributed by atoms with Crippen LogP contribution in [0, 0.1) is 0 Å². The molecule has 0 fully saturated rings. The number of carbonyl (C=O) groups is 2. The fourth-order valence-corrected chi connectivity index (χ4v) is 2.32. The van der Waals surface area contributed by atoms with E-state index in [4.69, 9.17) is 0 Å². The molecule has 136 valence electrons. The van der Waals surface area contributed by atoms with Crippen molar-refractivity contribution in [3.63, 3.8) is 0 Å². The summed E-state index contributed by atoms with van der Waals surface area (Å²) in [5.74, 6) is -0.700. The van der Waals surface area contributed by atoms with E-state index >= 15 is 0 Å². The second kappa shape index (κ2) is 8.94. The Bertz CT molecular complexity index is 776. The maximum absolute atomic E-state index is 11.9. The number of rotatable bonds is 5. The molecule has 2 aromatic rings. The Morgan fingerprint density at radius 2 is 1.31 bits per heavy atom. The smallest absolute Gasteiger partial charge is 0.318 e. The molecule has 26 heavy (non-hydrogen) atoms. The van der Waals surface area contributed by atoms with E-state index in [1.54, 1.807) is 12.1 Å². The lowest BCUT2D eigenvalue weighted by Crippen LogP contribution is -2.32. The highest BCUT2D eigenvalue weighted by atomic mass is 16.2. The van der Waals surface area contributed by atoms with Gasteiger partial charge in [0.15, 0.2) is 0 Å². The number of amides is 2. The molecule has 2 rings (SSSR count). The molecule has 5 heteroatoms. The summed E-state index contributed by atoms with van der Waals surface area (Å²) in [7, 11) is 0. The van der Waals surface area contributed by atoms with Crippen molar-refractivity contribution in [2.45, 2.75) is 39.5 Å². The second-order valence-electron chi connectivity index (χ2n) is 6.75. The van der Waals surface area contributed by atoms with Gasteiger partial charge in [0.25, 0.3) is 0 Å². The predicted molar refractivity (Wildman–Crippen MR) is 105 cm³/mol. The van der Waals surface area contributed by atoms with Crippen molar-refractivity contribution < 1.29 is 9.59 Å². The minimum atomic E-state index is -0.812. The zero-order valence-corrected chi connectivity index (χ0v) is 15.6. The highest BCUT2D eigenvalue weighted by Gasteiger charge is 2.12. The molecule has 0 atom stereocenters. The molecule has 0 aromatic heterocycles. The monoisotopic (exact) mass is 351 g/mol. The molecule has 0 bridgehead atoms. The van der Waals surface area contributed by atoms with Gasteiger partial charge in [-0.2, -0.15) is 5.10 Å². The zero-order valence-electron chi connectivity index (χ0n) is 15.6. The Kier molecular flexibility index (Phi) is 6.67. The summed E-state index contributed by atoms with van der Waals surface area (Å²) in [6.45, 7) is 8.43. The molecule has 0 saturated heterocycles. The molecule has 0 heterocycles. The van der Waals surface area contributed by atoms with Crippen molar-refractivity contribution in [3.8, 4) is 0 Å². The van der Waals surface area contributed by atoms with E-state index < -0.39 is 11.8 Å². The summed E-state index contributed by atoms with van der Waals surface area (Å²) in [5, 5.41) is 6.38. The van der Waals surface area contributed by atoms with E-state index in [1.165, 1.54) is 17.3 Å². The summed E-state index contributed by atoms with van der Waals surface area (Å²) in [6, 6.07) is 15.3.